The maximum absolute atomic E-state index is 12.4. The molecular weight excluding hydrogens is 328 g/mol. The van der Waals surface area contributed by atoms with Crippen LogP contribution in [-0.4, -0.2) is 10.9 Å². The molecule has 0 amide bonds. The maximum atomic E-state index is 12.4. The van der Waals surface area contributed by atoms with Crippen molar-refractivity contribution in [2.24, 2.45) is 5.41 Å². The summed E-state index contributed by atoms with van der Waals surface area (Å²) >= 11 is 1.28. The summed E-state index contributed by atoms with van der Waals surface area (Å²) in [6.07, 6.45) is 1.34. The molecule has 0 heterocycles. The molecule has 0 spiro atoms. The Kier molecular flexibility index (Phi) is 4.96. The molecule has 0 saturated heterocycles. The molecule has 0 atom stereocenters. The van der Waals surface area contributed by atoms with Crippen LogP contribution in [0.15, 0.2) is 59.5 Å². The van der Waals surface area contributed by atoms with Crippen LogP contribution in [0.4, 0.5) is 0 Å². The predicted octanol–water partition coefficient (Wildman–Crippen LogP) is 5.63. The van der Waals surface area contributed by atoms with Gasteiger partial charge in [0.2, 0.25) is 0 Å². The van der Waals surface area contributed by atoms with E-state index in [-0.39, 0.29) is 16.3 Å². The topological polar surface area (TPSA) is 34.1 Å². The van der Waals surface area contributed by atoms with Gasteiger partial charge in [0.1, 0.15) is 0 Å². The Morgan fingerprint density at radius 1 is 0.880 bits per heavy atom. The largest absolute Gasteiger partial charge is 0.294 e. The first kappa shape index (κ1) is 17.7. The smallest absolute Gasteiger partial charge is 0.198 e. The predicted molar refractivity (Wildman–Crippen MR) is 104 cm³/mol. The molecule has 0 aliphatic heterocycles. The number of allylic oxidation sites excluding steroid dienone is 2. The third-order valence-electron chi connectivity index (χ3n) is 4.27. The zero-order valence-corrected chi connectivity index (χ0v) is 15.7. The lowest BCUT2D eigenvalue weighted by Gasteiger charge is -2.15. The van der Waals surface area contributed by atoms with Gasteiger partial charge in [0.15, 0.2) is 10.9 Å². The second-order valence-corrected chi connectivity index (χ2v) is 8.35. The quantitative estimate of drug-likeness (QED) is 0.673. The molecule has 3 rings (SSSR count). The van der Waals surface area contributed by atoms with E-state index < -0.39 is 0 Å². The van der Waals surface area contributed by atoms with Gasteiger partial charge in [0.25, 0.3) is 0 Å². The van der Waals surface area contributed by atoms with Crippen molar-refractivity contribution in [3.63, 3.8) is 0 Å². The molecule has 128 valence electrons. The van der Waals surface area contributed by atoms with E-state index in [0.717, 1.165) is 33.6 Å². The van der Waals surface area contributed by atoms with E-state index in [4.69, 9.17) is 0 Å². The van der Waals surface area contributed by atoms with Gasteiger partial charge in [-0.05, 0) is 35.3 Å². The summed E-state index contributed by atoms with van der Waals surface area (Å²) in [5.74, 6) is 0.211. The molecule has 0 bridgehead atoms. The summed E-state index contributed by atoms with van der Waals surface area (Å²) in [5.41, 5.74) is 3.64. The number of ketones is 1. The number of benzene rings is 2. The number of thioether (sulfide) groups is 1. The number of carbonyl (C=O) groups excluding carboxylic acids is 2. The van der Waals surface area contributed by atoms with Gasteiger partial charge in [-0.3, -0.25) is 9.59 Å². The Hall–Kier alpha value is -2.13. The fourth-order valence-corrected chi connectivity index (χ4v) is 3.66. The van der Waals surface area contributed by atoms with Crippen LogP contribution in [-0.2, 0) is 9.59 Å². The number of rotatable bonds is 3. The summed E-state index contributed by atoms with van der Waals surface area (Å²) in [6.45, 7) is 5.79. The van der Waals surface area contributed by atoms with Crippen LogP contribution in [0.25, 0.3) is 11.1 Å². The van der Waals surface area contributed by atoms with Gasteiger partial charge in [-0.2, -0.15) is 0 Å². The number of Topliss-reactive ketones (excluding diaryl/α,β-unsaturated/α-hetero) is 1. The lowest BCUT2D eigenvalue weighted by Crippen LogP contribution is -2.16. The van der Waals surface area contributed by atoms with Crippen LogP contribution in [0.5, 0.6) is 0 Å². The van der Waals surface area contributed by atoms with Gasteiger partial charge in [-0.25, -0.2) is 0 Å². The summed E-state index contributed by atoms with van der Waals surface area (Å²) < 4.78 is 0. The van der Waals surface area contributed by atoms with E-state index in [0.29, 0.717) is 6.42 Å². The molecule has 2 nitrogen and oxygen atoms in total. The van der Waals surface area contributed by atoms with Crippen molar-refractivity contribution in [1.29, 1.82) is 0 Å². The summed E-state index contributed by atoms with van der Waals surface area (Å²) in [5, 5.41) is 0.153. The van der Waals surface area contributed by atoms with Crippen LogP contribution >= 0.6 is 11.8 Å². The number of hydrogen-bond acceptors (Lipinski definition) is 3. The Bertz CT molecular complexity index is 825. The van der Waals surface area contributed by atoms with Gasteiger partial charge in [-0.15, -0.1) is 0 Å². The van der Waals surface area contributed by atoms with Crippen molar-refractivity contribution in [2.75, 3.05) is 0 Å². The molecule has 0 radical (unpaired) electrons. The van der Waals surface area contributed by atoms with Gasteiger partial charge in [0.05, 0.1) is 0 Å². The van der Waals surface area contributed by atoms with Crippen LogP contribution in [0.1, 0.15) is 44.7 Å². The number of hydrogen-bond donors (Lipinski definition) is 0. The van der Waals surface area contributed by atoms with Gasteiger partial charge in [-0.1, -0.05) is 75.0 Å². The molecule has 1 aliphatic rings. The summed E-state index contributed by atoms with van der Waals surface area (Å²) in [7, 11) is 0. The van der Waals surface area contributed by atoms with Gasteiger partial charge < -0.3 is 0 Å². The Morgan fingerprint density at radius 3 is 2.12 bits per heavy atom. The normalized spacial score (nSPS) is 14.9. The highest BCUT2D eigenvalue weighted by atomic mass is 32.2. The average molecular weight is 350 g/mol. The highest BCUT2D eigenvalue weighted by molar-refractivity contribution is 8.13. The van der Waals surface area contributed by atoms with Crippen molar-refractivity contribution >= 4 is 33.8 Å². The van der Waals surface area contributed by atoms with E-state index in [9.17, 15) is 9.59 Å². The summed E-state index contributed by atoms with van der Waals surface area (Å²) in [4.78, 5) is 25.5. The molecule has 25 heavy (non-hydrogen) atoms. The molecule has 3 heteroatoms. The second kappa shape index (κ2) is 7.01. The SMILES string of the molecule is CC(C)(C)C(=O)Sc1ccc(C2=C(c3ccccc3)C(=O)CC2)cc1. The highest BCUT2D eigenvalue weighted by Gasteiger charge is 2.25. The maximum Gasteiger partial charge on any atom is 0.198 e. The first-order chi connectivity index (χ1) is 11.9. The first-order valence-electron chi connectivity index (χ1n) is 8.51. The third-order valence-corrected chi connectivity index (χ3v) is 5.58. The second-order valence-electron chi connectivity index (χ2n) is 7.31. The molecule has 2 aromatic carbocycles. The zero-order chi connectivity index (χ0) is 18.0. The summed E-state index contributed by atoms with van der Waals surface area (Å²) in [6, 6.07) is 17.9. The monoisotopic (exact) mass is 350 g/mol. The van der Waals surface area contributed by atoms with Crippen molar-refractivity contribution in [3.8, 4) is 0 Å². The van der Waals surface area contributed by atoms with Crippen molar-refractivity contribution in [3.05, 3.63) is 65.7 Å². The third kappa shape index (κ3) is 3.93. The van der Waals surface area contributed by atoms with E-state index in [1.165, 1.54) is 11.8 Å². The van der Waals surface area contributed by atoms with Crippen LogP contribution in [0.2, 0.25) is 0 Å². The molecule has 0 fully saturated rings. The Labute approximate surface area is 153 Å². The minimum Gasteiger partial charge on any atom is -0.294 e. The molecule has 0 saturated carbocycles. The van der Waals surface area contributed by atoms with Crippen LogP contribution in [0, 0.1) is 5.41 Å². The standard InChI is InChI=1S/C22H22O2S/c1-22(2,3)21(24)25-17-11-9-15(10-12-17)18-13-14-19(23)20(18)16-7-5-4-6-8-16/h4-12H,13-14H2,1-3H3. The fourth-order valence-electron chi connectivity index (χ4n) is 2.87. The lowest BCUT2D eigenvalue weighted by molar-refractivity contribution is -0.117. The van der Waals surface area contributed by atoms with E-state index in [1.807, 2.05) is 75.4 Å². The molecule has 1 aliphatic carbocycles. The lowest BCUT2D eigenvalue weighted by atomic mass is 9.97. The first-order valence-corrected chi connectivity index (χ1v) is 9.32. The Balaban J connectivity index is 1.90. The van der Waals surface area contributed by atoms with Gasteiger partial charge in [0, 0.05) is 22.3 Å². The van der Waals surface area contributed by atoms with Crippen LogP contribution in [0.3, 0.4) is 0 Å². The fraction of sp³-hybridized carbons (Fsp3) is 0.273. The highest BCUT2D eigenvalue weighted by Crippen LogP contribution is 2.38. The molecule has 0 aromatic heterocycles. The van der Waals surface area contributed by atoms with Crippen LogP contribution < -0.4 is 0 Å². The minimum absolute atomic E-state index is 0.153. The van der Waals surface area contributed by atoms with Crippen molar-refractivity contribution in [2.45, 2.75) is 38.5 Å². The Morgan fingerprint density at radius 2 is 1.52 bits per heavy atom. The molecule has 0 N–H and O–H groups in total. The van der Waals surface area contributed by atoms with E-state index in [1.54, 1.807) is 0 Å². The van der Waals surface area contributed by atoms with Gasteiger partial charge >= 0.3 is 0 Å². The minimum atomic E-state index is -0.357. The zero-order valence-electron chi connectivity index (χ0n) is 14.8. The number of carbonyl (C=O) groups is 2. The van der Waals surface area contributed by atoms with E-state index in [2.05, 4.69) is 0 Å². The molecular formula is C22H22O2S. The molecule has 0 unspecified atom stereocenters. The van der Waals surface area contributed by atoms with E-state index >= 15 is 0 Å². The van der Waals surface area contributed by atoms with Crippen molar-refractivity contribution in [1.82, 2.24) is 0 Å². The average Bonchev–Trinajstić information content (AvgIpc) is 2.97. The molecule has 2 aromatic rings. The van der Waals surface area contributed by atoms with Crippen molar-refractivity contribution < 1.29 is 9.59 Å².